The van der Waals surface area contributed by atoms with Gasteiger partial charge in [-0.15, -0.1) is 11.3 Å². The second kappa shape index (κ2) is 4.85. The molecule has 0 fully saturated rings. The van der Waals surface area contributed by atoms with E-state index in [1.807, 2.05) is 42.6 Å². The molecule has 3 rings (SSSR count). The first-order valence-electron chi connectivity index (χ1n) is 5.91. The van der Waals surface area contributed by atoms with Gasteiger partial charge >= 0.3 is 0 Å². The molecule has 96 valence electrons. The number of ether oxygens (including phenoxy) is 1. The molecule has 0 saturated carbocycles. The maximum Gasteiger partial charge on any atom is 0.180 e. The highest BCUT2D eigenvalue weighted by atomic mass is 32.1. The Morgan fingerprint density at radius 2 is 2.11 bits per heavy atom. The third kappa shape index (κ3) is 2.51. The van der Waals surface area contributed by atoms with Crippen LogP contribution in [0.5, 0.6) is 5.75 Å². The highest BCUT2D eigenvalue weighted by Gasteiger charge is 2.05. The molecule has 0 aliphatic rings. The van der Waals surface area contributed by atoms with Crippen LogP contribution in [0.25, 0.3) is 10.9 Å². The normalized spacial score (nSPS) is 10.8. The summed E-state index contributed by atoms with van der Waals surface area (Å²) in [5, 5.41) is 3.53. The molecular formula is C14H13N3OS. The van der Waals surface area contributed by atoms with Gasteiger partial charge < -0.3 is 10.5 Å². The third-order valence-corrected chi connectivity index (χ3v) is 3.49. The van der Waals surface area contributed by atoms with Gasteiger partial charge in [-0.25, -0.2) is 9.97 Å². The van der Waals surface area contributed by atoms with Crippen molar-refractivity contribution in [2.24, 2.45) is 0 Å². The molecule has 0 radical (unpaired) electrons. The van der Waals surface area contributed by atoms with Gasteiger partial charge in [-0.1, -0.05) is 18.2 Å². The molecule has 0 amide bonds. The summed E-state index contributed by atoms with van der Waals surface area (Å²) in [5.41, 5.74) is 8.29. The largest absolute Gasteiger partial charge is 0.485 e. The lowest BCUT2D eigenvalue weighted by molar-refractivity contribution is 0.305. The van der Waals surface area contributed by atoms with Crippen LogP contribution in [-0.2, 0) is 6.61 Å². The van der Waals surface area contributed by atoms with Crippen molar-refractivity contribution in [3.8, 4) is 5.75 Å². The van der Waals surface area contributed by atoms with Gasteiger partial charge in [0.25, 0.3) is 0 Å². The van der Waals surface area contributed by atoms with E-state index in [2.05, 4.69) is 9.97 Å². The van der Waals surface area contributed by atoms with Crippen molar-refractivity contribution in [2.45, 2.75) is 13.5 Å². The fourth-order valence-corrected chi connectivity index (χ4v) is 2.42. The first-order chi connectivity index (χ1) is 9.22. The molecule has 2 N–H and O–H groups in total. The molecule has 3 aromatic rings. The van der Waals surface area contributed by atoms with Gasteiger partial charge in [0, 0.05) is 16.5 Å². The summed E-state index contributed by atoms with van der Waals surface area (Å²) in [7, 11) is 0. The number of hydrogen-bond acceptors (Lipinski definition) is 5. The molecule has 5 heteroatoms. The van der Waals surface area contributed by atoms with Crippen LogP contribution in [0.3, 0.4) is 0 Å². The lowest BCUT2D eigenvalue weighted by atomic mass is 10.2. The van der Waals surface area contributed by atoms with Crippen molar-refractivity contribution < 1.29 is 4.74 Å². The van der Waals surface area contributed by atoms with Crippen LogP contribution >= 0.6 is 11.3 Å². The first kappa shape index (κ1) is 11.9. The molecule has 4 nitrogen and oxygen atoms in total. The van der Waals surface area contributed by atoms with Gasteiger partial charge in [0.05, 0.1) is 5.69 Å². The fourth-order valence-electron chi connectivity index (χ4n) is 1.87. The second-order valence-electron chi connectivity index (χ2n) is 4.25. The van der Waals surface area contributed by atoms with Crippen LogP contribution in [0.4, 0.5) is 5.13 Å². The fraction of sp³-hybridized carbons (Fsp3) is 0.143. The molecule has 2 heterocycles. The number of thiazole rings is 1. The van der Waals surface area contributed by atoms with Gasteiger partial charge in [0.2, 0.25) is 0 Å². The Hall–Kier alpha value is -2.14. The highest BCUT2D eigenvalue weighted by molar-refractivity contribution is 7.13. The Morgan fingerprint density at radius 3 is 2.89 bits per heavy atom. The zero-order chi connectivity index (χ0) is 13.2. The molecule has 0 aliphatic heterocycles. The molecule has 1 aromatic carbocycles. The molecule has 0 unspecified atom stereocenters. The Kier molecular flexibility index (Phi) is 3.05. The summed E-state index contributed by atoms with van der Waals surface area (Å²) in [5.74, 6) is 0.771. The molecule has 0 saturated heterocycles. The van der Waals surface area contributed by atoms with Gasteiger partial charge in [-0.05, 0) is 19.1 Å². The number of rotatable bonds is 3. The molecule has 19 heavy (non-hydrogen) atoms. The standard InChI is InChI=1S/C14H13N3OS/c1-9-5-6-10-3-2-4-12(13(10)16-9)18-7-11-8-19-14(15)17-11/h2-6,8H,7H2,1H3,(H2,15,17). The molecule has 0 spiro atoms. The Balaban J connectivity index is 1.90. The van der Waals surface area contributed by atoms with E-state index in [0.29, 0.717) is 11.7 Å². The molecule has 2 aromatic heterocycles. The van der Waals surface area contributed by atoms with Crippen molar-refractivity contribution in [1.82, 2.24) is 9.97 Å². The average molecular weight is 271 g/mol. The monoisotopic (exact) mass is 271 g/mol. The second-order valence-corrected chi connectivity index (χ2v) is 5.14. The lowest BCUT2D eigenvalue weighted by Crippen LogP contribution is -1.98. The van der Waals surface area contributed by atoms with Crippen LogP contribution in [0.15, 0.2) is 35.7 Å². The number of para-hydroxylation sites is 1. The summed E-state index contributed by atoms with van der Waals surface area (Å²) in [6, 6.07) is 9.95. The Bertz CT molecular complexity index is 724. The maximum atomic E-state index is 5.80. The van der Waals surface area contributed by atoms with Crippen molar-refractivity contribution in [2.75, 3.05) is 5.73 Å². The van der Waals surface area contributed by atoms with E-state index in [1.165, 1.54) is 11.3 Å². The van der Waals surface area contributed by atoms with Crippen molar-refractivity contribution in [1.29, 1.82) is 0 Å². The first-order valence-corrected chi connectivity index (χ1v) is 6.79. The van der Waals surface area contributed by atoms with Crippen LogP contribution in [0.1, 0.15) is 11.4 Å². The number of pyridine rings is 1. The van der Waals surface area contributed by atoms with Gasteiger partial charge in [0.1, 0.15) is 17.9 Å². The quantitative estimate of drug-likeness (QED) is 0.795. The summed E-state index contributed by atoms with van der Waals surface area (Å²) >= 11 is 1.42. The zero-order valence-corrected chi connectivity index (χ0v) is 11.3. The highest BCUT2D eigenvalue weighted by Crippen LogP contribution is 2.25. The van der Waals surface area contributed by atoms with E-state index in [-0.39, 0.29) is 0 Å². The molecular weight excluding hydrogens is 258 g/mol. The van der Waals surface area contributed by atoms with E-state index in [1.54, 1.807) is 0 Å². The topological polar surface area (TPSA) is 61.0 Å². The predicted molar refractivity (Wildman–Crippen MR) is 77.3 cm³/mol. The Morgan fingerprint density at radius 1 is 1.21 bits per heavy atom. The van der Waals surface area contributed by atoms with Crippen molar-refractivity contribution >= 4 is 27.4 Å². The number of fused-ring (bicyclic) bond motifs is 1. The summed E-state index contributed by atoms with van der Waals surface area (Å²) in [6.45, 7) is 2.37. The lowest BCUT2D eigenvalue weighted by Gasteiger charge is -2.07. The molecule has 0 bridgehead atoms. The number of nitrogens with zero attached hydrogens (tertiary/aromatic N) is 2. The average Bonchev–Trinajstić information content (AvgIpc) is 2.82. The number of aryl methyl sites for hydroxylation is 1. The van der Waals surface area contributed by atoms with Gasteiger partial charge in [-0.3, -0.25) is 0 Å². The van der Waals surface area contributed by atoms with Crippen molar-refractivity contribution in [3.63, 3.8) is 0 Å². The van der Waals surface area contributed by atoms with E-state index in [0.717, 1.165) is 28.0 Å². The van der Waals surface area contributed by atoms with Crippen LogP contribution < -0.4 is 10.5 Å². The third-order valence-electron chi connectivity index (χ3n) is 2.77. The maximum absolute atomic E-state index is 5.80. The number of hydrogen-bond donors (Lipinski definition) is 1. The Labute approximate surface area is 114 Å². The minimum Gasteiger partial charge on any atom is -0.485 e. The predicted octanol–water partition coefficient (Wildman–Crippen LogP) is 3.16. The number of anilines is 1. The number of nitrogens with two attached hydrogens (primary N) is 1. The summed E-state index contributed by atoms with van der Waals surface area (Å²) in [4.78, 5) is 8.70. The summed E-state index contributed by atoms with van der Waals surface area (Å²) in [6.07, 6.45) is 0. The van der Waals surface area contributed by atoms with Gasteiger partial charge in [0.15, 0.2) is 5.13 Å². The van der Waals surface area contributed by atoms with Gasteiger partial charge in [-0.2, -0.15) is 0 Å². The smallest absolute Gasteiger partial charge is 0.180 e. The molecule has 0 aliphatic carbocycles. The van der Waals surface area contributed by atoms with Crippen LogP contribution in [0, 0.1) is 6.92 Å². The van der Waals surface area contributed by atoms with Crippen LogP contribution in [0.2, 0.25) is 0 Å². The SMILES string of the molecule is Cc1ccc2cccc(OCc3csc(N)n3)c2n1. The minimum absolute atomic E-state index is 0.405. The van der Waals surface area contributed by atoms with E-state index in [4.69, 9.17) is 10.5 Å². The van der Waals surface area contributed by atoms with E-state index >= 15 is 0 Å². The van der Waals surface area contributed by atoms with E-state index < -0.39 is 0 Å². The minimum atomic E-state index is 0.405. The number of nitrogen functional groups attached to an aromatic ring is 1. The molecule has 0 atom stereocenters. The van der Waals surface area contributed by atoms with Crippen LogP contribution in [-0.4, -0.2) is 9.97 Å². The number of aromatic nitrogens is 2. The number of benzene rings is 1. The summed E-state index contributed by atoms with van der Waals surface area (Å²) < 4.78 is 5.80. The van der Waals surface area contributed by atoms with Crippen molar-refractivity contribution in [3.05, 3.63) is 47.1 Å². The van der Waals surface area contributed by atoms with E-state index in [9.17, 15) is 0 Å². The zero-order valence-electron chi connectivity index (χ0n) is 10.5.